The Hall–Kier alpha value is -2.79. The van der Waals surface area contributed by atoms with Crippen LogP contribution in [0.4, 0.5) is 5.82 Å². The lowest BCUT2D eigenvalue weighted by atomic mass is 10.2. The minimum Gasteiger partial charge on any atom is -0.357 e. The van der Waals surface area contributed by atoms with Crippen LogP contribution < -0.4 is 4.90 Å². The molecule has 128 valence electrons. The van der Waals surface area contributed by atoms with Crippen LogP contribution in [0.1, 0.15) is 12.8 Å². The van der Waals surface area contributed by atoms with E-state index in [9.17, 15) is 0 Å². The molecule has 5 heterocycles. The molecule has 0 bridgehead atoms. The van der Waals surface area contributed by atoms with Crippen molar-refractivity contribution in [1.29, 1.82) is 0 Å². The molecule has 4 aromatic heterocycles. The van der Waals surface area contributed by atoms with E-state index in [1.165, 1.54) is 22.4 Å². The summed E-state index contributed by atoms with van der Waals surface area (Å²) in [5.41, 5.74) is 4.17. The highest BCUT2D eigenvalue weighted by Gasteiger charge is 2.14. The fraction of sp³-hybridized carbons (Fsp3) is 0.190. The van der Waals surface area contributed by atoms with E-state index in [0.717, 1.165) is 41.2 Å². The van der Waals surface area contributed by atoms with E-state index >= 15 is 0 Å². The number of thiophene rings is 1. The normalized spacial score (nSPS) is 14.2. The number of nitrogens with zero attached hydrogens (tertiary/aromatic N) is 4. The number of pyridine rings is 3. The maximum atomic E-state index is 4.81. The monoisotopic (exact) mass is 358 g/mol. The molecule has 0 spiro atoms. The van der Waals surface area contributed by atoms with Crippen molar-refractivity contribution in [2.45, 2.75) is 12.8 Å². The topological polar surface area (TPSA) is 41.9 Å². The Morgan fingerprint density at radius 3 is 2.62 bits per heavy atom. The first-order chi connectivity index (χ1) is 12.9. The van der Waals surface area contributed by atoms with E-state index in [4.69, 9.17) is 4.98 Å². The molecule has 5 rings (SSSR count). The third-order valence-electron chi connectivity index (χ3n) is 4.79. The summed E-state index contributed by atoms with van der Waals surface area (Å²) in [6, 6.07) is 14.7. The van der Waals surface area contributed by atoms with Crippen LogP contribution >= 0.6 is 11.3 Å². The SMILES string of the molecule is c1cncc(-c2ccc3sc(-c4ccc(N5CCCC5)nc4)cc3n2)c1. The number of hydrogen-bond acceptors (Lipinski definition) is 5. The molecule has 1 saturated heterocycles. The average molecular weight is 358 g/mol. The van der Waals surface area contributed by atoms with Crippen molar-refractivity contribution in [2.75, 3.05) is 18.0 Å². The Kier molecular flexibility index (Phi) is 3.87. The Bertz CT molecular complexity index is 1030. The molecule has 0 aromatic carbocycles. The summed E-state index contributed by atoms with van der Waals surface area (Å²) >= 11 is 1.76. The van der Waals surface area contributed by atoms with Crippen LogP contribution in [0.5, 0.6) is 0 Å². The first kappa shape index (κ1) is 15.5. The van der Waals surface area contributed by atoms with Gasteiger partial charge >= 0.3 is 0 Å². The molecule has 26 heavy (non-hydrogen) atoms. The molecule has 1 aliphatic rings. The third-order valence-corrected chi connectivity index (χ3v) is 5.93. The van der Waals surface area contributed by atoms with Crippen LogP contribution in [0, 0.1) is 0 Å². The Morgan fingerprint density at radius 2 is 1.85 bits per heavy atom. The van der Waals surface area contributed by atoms with E-state index in [2.05, 4.69) is 45.2 Å². The average Bonchev–Trinajstić information content (AvgIpc) is 3.38. The van der Waals surface area contributed by atoms with Gasteiger partial charge in [-0.1, -0.05) is 0 Å². The zero-order valence-electron chi connectivity index (χ0n) is 14.3. The predicted octanol–water partition coefficient (Wildman–Crippen LogP) is 5.02. The van der Waals surface area contributed by atoms with Gasteiger partial charge < -0.3 is 4.90 Å². The molecular weight excluding hydrogens is 340 g/mol. The smallest absolute Gasteiger partial charge is 0.128 e. The van der Waals surface area contributed by atoms with Crippen molar-refractivity contribution in [3.8, 4) is 21.7 Å². The van der Waals surface area contributed by atoms with Crippen molar-refractivity contribution in [3.05, 3.63) is 61.1 Å². The number of rotatable bonds is 3. The molecule has 5 heteroatoms. The summed E-state index contributed by atoms with van der Waals surface area (Å²) in [5.74, 6) is 1.09. The van der Waals surface area contributed by atoms with Gasteiger partial charge in [-0.2, -0.15) is 0 Å². The molecule has 0 N–H and O–H groups in total. The number of fused-ring (bicyclic) bond motifs is 1. The Morgan fingerprint density at radius 1 is 0.923 bits per heavy atom. The quantitative estimate of drug-likeness (QED) is 0.516. The Labute approximate surface area is 156 Å². The van der Waals surface area contributed by atoms with Crippen molar-refractivity contribution < 1.29 is 0 Å². The highest BCUT2D eigenvalue weighted by molar-refractivity contribution is 7.22. The summed E-state index contributed by atoms with van der Waals surface area (Å²) in [6.45, 7) is 2.24. The largest absolute Gasteiger partial charge is 0.357 e. The van der Waals surface area contributed by atoms with E-state index in [1.54, 1.807) is 17.5 Å². The standard InChI is InChI=1S/C21H18N4S/c1-2-11-25(10-1)21-8-5-16(14-23-21)20-12-18-19(26-20)7-6-17(24-18)15-4-3-9-22-13-15/h3-9,12-14H,1-2,10-11H2. The summed E-state index contributed by atoms with van der Waals surface area (Å²) in [6.07, 6.45) is 8.15. The van der Waals surface area contributed by atoms with Crippen molar-refractivity contribution in [2.24, 2.45) is 0 Å². The molecule has 1 aliphatic heterocycles. The third kappa shape index (κ3) is 2.84. The van der Waals surface area contributed by atoms with Gasteiger partial charge in [-0.05, 0) is 55.3 Å². The van der Waals surface area contributed by atoms with Crippen LogP contribution in [-0.2, 0) is 0 Å². The summed E-state index contributed by atoms with van der Waals surface area (Å²) in [5, 5.41) is 0. The molecule has 0 amide bonds. The second-order valence-corrected chi connectivity index (χ2v) is 7.62. The number of anilines is 1. The predicted molar refractivity (Wildman–Crippen MR) is 108 cm³/mol. The summed E-state index contributed by atoms with van der Waals surface area (Å²) < 4.78 is 1.19. The first-order valence-electron chi connectivity index (χ1n) is 8.89. The zero-order chi connectivity index (χ0) is 17.3. The maximum Gasteiger partial charge on any atom is 0.128 e. The van der Waals surface area contributed by atoms with E-state index in [1.807, 2.05) is 24.5 Å². The minimum atomic E-state index is 0.956. The van der Waals surface area contributed by atoms with Gasteiger partial charge in [0.15, 0.2) is 0 Å². The van der Waals surface area contributed by atoms with Crippen molar-refractivity contribution in [1.82, 2.24) is 15.0 Å². The van der Waals surface area contributed by atoms with Crippen LogP contribution in [0.25, 0.3) is 31.9 Å². The Balaban J connectivity index is 1.47. The highest BCUT2D eigenvalue weighted by Crippen LogP contribution is 2.34. The number of aromatic nitrogens is 3. The summed E-state index contributed by atoms with van der Waals surface area (Å²) in [7, 11) is 0. The highest BCUT2D eigenvalue weighted by atomic mass is 32.1. The first-order valence-corrected chi connectivity index (χ1v) is 9.71. The van der Waals surface area contributed by atoms with Crippen LogP contribution in [0.15, 0.2) is 61.1 Å². The molecule has 0 radical (unpaired) electrons. The fourth-order valence-corrected chi connectivity index (χ4v) is 4.40. The molecular formula is C21H18N4S. The van der Waals surface area contributed by atoms with E-state index in [-0.39, 0.29) is 0 Å². The lowest BCUT2D eigenvalue weighted by Crippen LogP contribution is -2.18. The molecule has 0 unspecified atom stereocenters. The fourth-order valence-electron chi connectivity index (χ4n) is 3.41. The molecule has 4 nitrogen and oxygen atoms in total. The van der Waals surface area contributed by atoms with E-state index < -0.39 is 0 Å². The van der Waals surface area contributed by atoms with Crippen LogP contribution in [0.3, 0.4) is 0 Å². The van der Waals surface area contributed by atoms with Crippen LogP contribution in [0.2, 0.25) is 0 Å². The van der Waals surface area contributed by atoms with Gasteiger partial charge in [0.05, 0.1) is 15.9 Å². The molecule has 0 saturated carbocycles. The lowest BCUT2D eigenvalue weighted by molar-refractivity contribution is 0.938. The zero-order valence-corrected chi connectivity index (χ0v) is 15.1. The lowest BCUT2D eigenvalue weighted by Gasteiger charge is -2.15. The molecule has 1 fully saturated rings. The van der Waals surface area contributed by atoms with Gasteiger partial charge in [0.25, 0.3) is 0 Å². The molecule has 0 aliphatic carbocycles. The van der Waals surface area contributed by atoms with Gasteiger partial charge in [-0.3, -0.25) is 4.98 Å². The molecule has 4 aromatic rings. The van der Waals surface area contributed by atoms with Crippen molar-refractivity contribution >= 4 is 27.4 Å². The van der Waals surface area contributed by atoms with Crippen LogP contribution in [-0.4, -0.2) is 28.0 Å². The number of hydrogen-bond donors (Lipinski definition) is 0. The van der Waals surface area contributed by atoms with Gasteiger partial charge in [0, 0.05) is 47.7 Å². The maximum absolute atomic E-state index is 4.81. The second-order valence-electron chi connectivity index (χ2n) is 6.53. The van der Waals surface area contributed by atoms with E-state index in [0.29, 0.717) is 0 Å². The molecule has 0 atom stereocenters. The second kappa shape index (κ2) is 6.50. The van der Waals surface area contributed by atoms with Crippen molar-refractivity contribution in [3.63, 3.8) is 0 Å². The van der Waals surface area contributed by atoms with Gasteiger partial charge in [0.1, 0.15) is 5.82 Å². The minimum absolute atomic E-state index is 0.956. The van der Waals surface area contributed by atoms with Gasteiger partial charge in [-0.15, -0.1) is 11.3 Å². The van der Waals surface area contributed by atoms with Gasteiger partial charge in [0.2, 0.25) is 0 Å². The summed E-state index contributed by atoms with van der Waals surface area (Å²) in [4.78, 5) is 17.2. The van der Waals surface area contributed by atoms with Gasteiger partial charge in [-0.25, -0.2) is 9.97 Å².